The maximum absolute atomic E-state index is 12.4. The summed E-state index contributed by atoms with van der Waals surface area (Å²) in [7, 11) is 5.62. The zero-order chi connectivity index (χ0) is 21.4. The van der Waals surface area contributed by atoms with Gasteiger partial charge in [0, 0.05) is 24.7 Å². The summed E-state index contributed by atoms with van der Waals surface area (Å²) in [6.07, 6.45) is 5.33. The monoisotopic (exact) mass is 418 g/mol. The van der Waals surface area contributed by atoms with Gasteiger partial charge in [-0.25, -0.2) is 0 Å². The van der Waals surface area contributed by atoms with Gasteiger partial charge < -0.3 is 15.0 Å². The Morgan fingerprint density at radius 1 is 1.41 bits per heavy atom. The molecule has 6 nitrogen and oxygen atoms in total. The van der Waals surface area contributed by atoms with Crippen LogP contribution in [0.15, 0.2) is 30.3 Å². The summed E-state index contributed by atoms with van der Waals surface area (Å²) in [5.41, 5.74) is 2.68. The van der Waals surface area contributed by atoms with Crippen LogP contribution in [0.4, 0.5) is 0 Å². The number of ether oxygens (including phenoxy) is 1. The smallest absolute Gasteiger partial charge is 0.244 e. The van der Waals surface area contributed by atoms with Gasteiger partial charge in [0.15, 0.2) is 0 Å². The predicted octanol–water partition coefficient (Wildman–Crippen LogP) is 4.09. The first-order valence-electron chi connectivity index (χ1n) is 9.86. The Labute approximate surface area is 178 Å². The van der Waals surface area contributed by atoms with E-state index in [-0.39, 0.29) is 11.9 Å². The molecule has 2 rings (SSSR count). The highest BCUT2D eigenvalue weighted by Crippen LogP contribution is 2.23. The van der Waals surface area contributed by atoms with Crippen LogP contribution in [0.25, 0.3) is 6.08 Å². The second-order valence-corrected chi connectivity index (χ2v) is 7.56. The normalized spacial score (nSPS) is 12.5. The third-order valence-corrected chi connectivity index (χ3v) is 5.20. The predicted molar refractivity (Wildman–Crippen MR) is 118 cm³/mol. The molecule has 29 heavy (non-hydrogen) atoms. The van der Waals surface area contributed by atoms with Gasteiger partial charge in [0.1, 0.15) is 10.9 Å². The molecule has 1 amide bonds. The molecule has 0 saturated heterocycles. The number of likely N-dealkylation sites (N-methyl/N-ethyl adjacent to an activating group) is 1. The van der Waals surface area contributed by atoms with Crippen molar-refractivity contribution in [3.8, 4) is 5.75 Å². The lowest BCUT2D eigenvalue weighted by Gasteiger charge is -2.25. The molecular weight excluding hydrogens is 388 g/mol. The van der Waals surface area contributed by atoms with E-state index in [0.29, 0.717) is 11.7 Å². The fourth-order valence-electron chi connectivity index (χ4n) is 3.08. The van der Waals surface area contributed by atoms with E-state index >= 15 is 0 Å². The third-order valence-electron chi connectivity index (χ3n) is 4.81. The van der Waals surface area contributed by atoms with Gasteiger partial charge in [-0.1, -0.05) is 37.1 Å². The number of benzene rings is 1. The molecule has 1 aromatic carbocycles. The highest BCUT2D eigenvalue weighted by molar-refractivity contribution is 6.31. The summed E-state index contributed by atoms with van der Waals surface area (Å²) in [6, 6.07) is 7.91. The van der Waals surface area contributed by atoms with Crippen molar-refractivity contribution in [2.75, 3.05) is 27.7 Å². The summed E-state index contributed by atoms with van der Waals surface area (Å²) >= 11 is 6.43. The minimum atomic E-state index is -0.170. The van der Waals surface area contributed by atoms with E-state index < -0.39 is 0 Å². The van der Waals surface area contributed by atoms with E-state index in [0.717, 1.165) is 42.0 Å². The van der Waals surface area contributed by atoms with E-state index in [1.807, 2.05) is 45.3 Å². The second-order valence-electron chi connectivity index (χ2n) is 7.20. The summed E-state index contributed by atoms with van der Waals surface area (Å²) in [5.74, 6) is 0.627. The number of nitrogens with zero attached hydrogens (tertiary/aromatic N) is 3. The number of amides is 1. The van der Waals surface area contributed by atoms with Crippen LogP contribution in [0, 0.1) is 6.92 Å². The van der Waals surface area contributed by atoms with Gasteiger partial charge in [0.2, 0.25) is 5.91 Å². The van der Waals surface area contributed by atoms with Crippen LogP contribution in [0.3, 0.4) is 0 Å². The Hall–Kier alpha value is -2.31. The molecule has 1 unspecified atom stereocenters. The minimum Gasteiger partial charge on any atom is -0.497 e. The van der Waals surface area contributed by atoms with E-state index in [1.54, 1.807) is 17.9 Å². The van der Waals surface area contributed by atoms with Crippen LogP contribution < -0.4 is 10.1 Å². The number of rotatable bonds is 10. The molecule has 158 valence electrons. The molecule has 1 heterocycles. The number of aryl methyl sites for hydroxylation is 2. The van der Waals surface area contributed by atoms with Crippen LogP contribution in [-0.4, -0.2) is 48.3 Å². The van der Waals surface area contributed by atoms with Gasteiger partial charge in [-0.05, 0) is 51.2 Å². The molecule has 0 bridgehead atoms. The molecule has 1 atom stereocenters. The summed E-state index contributed by atoms with van der Waals surface area (Å²) in [5, 5.41) is 8.01. The van der Waals surface area contributed by atoms with E-state index in [4.69, 9.17) is 16.3 Å². The minimum absolute atomic E-state index is 0.0320. The zero-order valence-electron chi connectivity index (χ0n) is 17.9. The van der Waals surface area contributed by atoms with Crippen molar-refractivity contribution in [1.82, 2.24) is 20.0 Å². The first-order chi connectivity index (χ1) is 13.9. The van der Waals surface area contributed by atoms with Crippen molar-refractivity contribution in [1.29, 1.82) is 0 Å². The second kappa shape index (κ2) is 11.0. The molecule has 0 spiro atoms. The standard InChI is InChI=1S/C22H31ClN4O2/c1-6-7-13-27-22(23)19(16(2)25-27)11-12-21(28)24-15-20(26(3)4)17-9-8-10-18(14-17)29-5/h8-12,14,20H,6-7,13,15H2,1-5H3,(H,24,28). The zero-order valence-corrected chi connectivity index (χ0v) is 18.7. The molecular formula is C22H31ClN4O2. The topological polar surface area (TPSA) is 59.4 Å². The molecule has 0 aliphatic heterocycles. The largest absolute Gasteiger partial charge is 0.497 e. The lowest BCUT2D eigenvalue weighted by atomic mass is 10.1. The first kappa shape index (κ1) is 23.0. The fraction of sp³-hybridized carbons (Fsp3) is 0.455. The van der Waals surface area contributed by atoms with Crippen molar-refractivity contribution in [2.45, 2.75) is 39.3 Å². The molecule has 0 aliphatic rings. The SMILES string of the molecule is CCCCn1nc(C)c(C=CC(=O)NCC(c2cccc(OC)c2)N(C)C)c1Cl. The van der Waals surface area contributed by atoms with Crippen molar-refractivity contribution >= 4 is 23.6 Å². The summed E-state index contributed by atoms with van der Waals surface area (Å²) in [6.45, 7) is 5.28. The van der Waals surface area contributed by atoms with Gasteiger partial charge in [-0.3, -0.25) is 9.48 Å². The van der Waals surface area contributed by atoms with Crippen molar-refractivity contribution < 1.29 is 9.53 Å². The highest BCUT2D eigenvalue weighted by Gasteiger charge is 2.16. The van der Waals surface area contributed by atoms with E-state index in [2.05, 4.69) is 22.2 Å². The first-order valence-corrected chi connectivity index (χ1v) is 10.2. The average Bonchev–Trinajstić information content (AvgIpc) is 2.97. The molecule has 0 radical (unpaired) electrons. The number of halogens is 1. The molecule has 7 heteroatoms. The Kier molecular flexibility index (Phi) is 8.73. The average molecular weight is 419 g/mol. The number of methoxy groups -OCH3 is 1. The lowest BCUT2D eigenvalue weighted by Crippen LogP contribution is -2.33. The summed E-state index contributed by atoms with van der Waals surface area (Å²) in [4.78, 5) is 14.5. The van der Waals surface area contributed by atoms with Crippen molar-refractivity contribution in [2.24, 2.45) is 0 Å². The molecule has 1 N–H and O–H groups in total. The quantitative estimate of drug-likeness (QED) is 0.590. The van der Waals surface area contributed by atoms with Gasteiger partial charge in [0.05, 0.1) is 18.8 Å². The molecule has 0 fully saturated rings. The maximum Gasteiger partial charge on any atom is 0.244 e. The summed E-state index contributed by atoms with van der Waals surface area (Å²) < 4.78 is 7.10. The van der Waals surface area contributed by atoms with Gasteiger partial charge in [0.25, 0.3) is 0 Å². The highest BCUT2D eigenvalue weighted by atomic mass is 35.5. The van der Waals surface area contributed by atoms with E-state index in [1.165, 1.54) is 6.08 Å². The number of carbonyl (C=O) groups excluding carboxylic acids is 1. The van der Waals surface area contributed by atoms with Gasteiger partial charge >= 0.3 is 0 Å². The molecule has 0 aliphatic carbocycles. The van der Waals surface area contributed by atoms with E-state index in [9.17, 15) is 4.79 Å². The van der Waals surface area contributed by atoms with Crippen molar-refractivity contribution in [3.05, 3.63) is 52.3 Å². The van der Waals surface area contributed by atoms with Crippen LogP contribution >= 0.6 is 11.6 Å². The third kappa shape index (κ3) is 6.34. The Bertz CT molecular complexity index is 845. The Morgan fingerprint density at radius 3 is 2.83 bits per heavy atom. The Balaban J connectivity index is 2.03. The van der Waals surface area contributed by atoms with Gasteiger partial charge in [-0.2, -0.15) is 5.10 Å². The van der Waals surface area contributed by atoms with Crippen molar-refractivity contribution in [3.63, 3.8) is 0 Å². The molecule has 0 saturated carbocycles. The molecule has 1 aromatic heterocycles. The Morgan fingerprint density at radius 2 is 2.17 bits per heavy atom. The number of hydrogen-bond acceptors (Lipinski definition) is 4. The van der Waals surface area contributed by atoms with Gasteiger partial charge in [-0.15, -0.1) is 0 Å². The van der Waals surface area contributed by atoms with Crippen LogP contribution in [0.2, 0.25) is 5.15 Å². The van der Waals surface area contributed by atoms with Crippen LogP contribution in [0.5, 0.6) is 5.75 Å². The maximum atomic E-state index is 12.4. The van der Waals surface area contributed by atoms with Crippen LogP contribution in [-0.2, 0) is 11.3 Å². The fourth-order valence-corrected chi connectivity index (χ4v) is 3.40. The number of hydrogen-bond donors (Lipinski definition) is 1. The van der Waals surface area contributed by atoms with Crippen LogP contribution in [0.1, 0.15) is 42.6 Å². The lowest BCUT2D eigenvalue weighted by molar-refractivity contribution is -0.116. The number of carbonyl (C=O) groups is 1. The number of unbranched alkanes of at least 4 members (excludes halogenated alkanes) is 1. The number of aromatic nitrogens is 2. The number of nitrogens with one attached hydrogen (secondary N) is 1. The molecule has 2 aromatic rings.